The van der Waals surface area contributed by atoms with E-state index in [-0.39, 0.29) is 0 Å². The normalized spacial score (nSPS) is 25.9. The Bertz CT molecular complexity index is 169. The molecule has 12 heavy (non-hydrogen) atoms. The summed E-state index contributed by atoms with van der Waals surface area (Å²) in [6.07, 6.45) is 1.93. The van der Waals surface area contributed by atoms with Crippen molar-refractivity contribution >= 4 is 5.78 Å². The molecule has 2 nitrogen and oxygen atoms in total. The van der Waals surface area contributed by atoms with Gasteiger partial charge in [-0.3, -0.25) is 4.79 Å². The summed E-state index contributed by atoms with van der Waals surface area (Å²) >= 11 is 0. The lowest BCUT2D eigenvalue weighted by Crippen LogP contribution is -2.37. The minimum absolute atomic E-state index is 0.351. The van der Waals surface area contributed by atoms with E-state index in [1.807, 2.05) is 0 Å². The van der Waals surface area contributed by atoms with Crippen molar-refractivity contribution in [2.45, 2.75) is 33.6 Å². The summed E-state index contributed by atoms with van der Waals surface area (Å²) in [5, 5.41) is 3.16. The van der Waals surface area contributed by atoms with Gasteiger partial charge >= 0.3 is 0 Å². The van der Waals surface area contributed by atoms with E-state index in [0.717, 1.165) is 19.4 Å². The molecule has 1 fully saturated rings. The Morgan fingerprint density at radius 3 is 2.67 bits per heavy atom. The number of rotatable bonds is 1. The molecule has 1 atom stereocenters. The van der Waals surface area contributed by atoms with E-state index in [1.54, 1.807) is 0 Å². The zero-order valence-electron chi connectivity index (χ0n) is 8.31. The molecule has 0 aromatic heterocycles. The predicted molar refractivity (Wildman–Crippen MR) is 50.1 cm³/mol. The summed E-state index contributed by atoms with van der Waals surface area (Å²) in [5.41, 5.74) is 0.351. The molecule has 1 heterocycles. The van der Waals surface area contributed by atoms with E-state index >= 15 is 0 Å². The van der Waals surface area contributed by atoms with Crippen LogP contribution in [0.2, 0.25) is 0 Å². The number of nitrogens with one attached hydrogen (secondary N) is 1. The van der Waals surface area contributed by atoms with E-state index in [1.165, 1.54) is 0 Å². The van der Waals surface area contributed by atoms with Crippen molar-refractivity contribution in [3.8, 4) is 0 Å². The van der Waals surface area contributed by atoms with Crippen LogP contribution >= 0.6 is 0 Å². The largest absolute Gasteiger partial charge is 0.310 e. The van der Waals surface area contributed by atoms with E-state index in [4.69, 9.17) is 0 Å². The highest BCUT2D eigenvalue weighted by molar-refractivity contribution is 5.81. The molecule has 0 aromatic rings. The molecule has 0 bridgehead atoms. The summed E-state index contributed by atoms with van der Waals surface area (Å²) in [6, 6.07) is 0. The fourth-order valence-electron chi connectivity index (χ4n) is 1.89. The Kier molecular flexibility index (Phi) is 2.89. The highest BCUT2D eigenvalue weighted by Crippen LogP contribution is 2.26. The standard InChI is InChI=1S/C10H19NO/c1-10(2,3)5-8-4-9(12)7-11-6-8/h8,11H,4-7H2,1-3H3. The molecular formula is C10H19NO. The van der Waals surface area contributed by atoms with Gasteiger partial charge in [0, 0.05) is 6.42 Å². The van der Waals surface area contributed by atoms with E-state index in [2.05, 4.69) is 26.1 Å². The van der Waals surface area contributed by atoms with Crippen molar-refractivity contribution in [2.75, 3.05) is 13.1 Å². The number of hydrogen-bond donors (Lipinski definition) is 1. The molecule has 2 heteroatoms. The Morgan fingerprint density at radius 1 is 1.50 bits per heavy atom. The first-order valence-corrected chi connectivity index (χ1v) is 4.70. The van der Waals surface area contributed by atoms with Crippen LogP contribution in [0.4, 0.5) is 0 Å². The average molecular weight is 169 g/mol. The van der Waals surface area contributed by atoms with Crippen molar-refractivity contribution < 1.29 is 4.79 Å². The van der Waals surface area contributed by atoms with Crippen molar-refractivity contribution in [1.82, 2.24) is 5.32 Å². The Morgan fingerprint density at radius 2 is 2.17 bits per heavy atom. The van der Waals surface area contributed by atoms with Gasteiger partial charge in [-0.25, -0.2) is 0 Å². The first-order valence-electron chi connectivity index (χ1n) is 4.70. The minimum atomic E-state index is 0.351. The maximum Gasteiger partial charge on any atom is 0.146 e. The average Bonchev–Trinajstić information content (AvgIpc) is 1.82. The third-order valence-electron chi connectivity index (χ3n) is 2.17. The fourth-order valence-corrected chi connectivity index (χ4v) is 1.89. The second-order valence-corrected chi connectivity index (χ2v) is 5.00. The van der Waals surface area contributed by atoms with Crippen LogP contribution in [0.15, 0.2) is 0 Å². The zero-order valence-corrected chi connectivity index (χ0v) is 8.31. The summed E-state index contributed by atoms with van der Waals surface area (Å²) in [5.74, 6) is 0.932. The minimum Gasteiger partial charge on any atom is -0.310 e. The molecule has 1 unspecified atom stereocenters. The van der Waals surface area contributed by atoms with Crippen LogP contribution in [0, 0.1) is 11.3 Å². The van der Waals surface area contributed by atoms with Crippen molar-refractivity contribution in [3.63, 3.8) is 0 Å². The number of Topliss-reactive ketones (excluding diaryl/α,β-unsaturated/α-hetero) is 1. The van der Waals surface area contributed by atoms with Crippen LogP contribution in [0.5, 0.6) is 0 Å². The maximum absolute atomic E-state index is 11.1. The summed E-state index contributed by atoms with van der Waals surface area (Å²) in [4.78, 5) is 11.1. The Hall–Kier alpha value is -0.370. The highest BCUT2D eigenvalue weighted by atomic mass is 16.1. The Balaban J connectivity index is 2.37. The first-order chi connectivity index (χ1) is 5.47. The van der Waals surface area contributed by atoms with Gasteiger partial charge in [0.25, 0.3) is 0 Å². The lowest BCUT2D eigenvalue weighted by molar-refractivity contribution is -0.120. The van der Waals surface area contributed by atoms with E-state index in [0.29, 0.717) is 23.7 Å². The number of piperidine rings is 1. The van der Waals surface area contributed by atoms with Crippen LogP contribution < -0.4 is 5.32 Å². The summed E-state index contributed by atoms with van der Waals surface area (Å²) < 4.78 is 0. The fraction of sp³-hybridized carbons (Fsp3) is 0.900. The number of carbonyl (C=O) groups excluding carboxylic acids is 1. The van der Waals surface area contributed by atoms with Gasteiger partial charge < -0.3 is 5.32 Å². The Labute approximate surface area is 74.7 Å². The molecule has 1 N–H and O–H groups in total. The second-order valence-electron chi connectivity index (χ2n) is 5.00. The molecule has 70 valence electrons. The molecule has 0 aromatic carbocycles. The smallest absolute Gasteiger partial charge is 0.146 e. The third-order valence-corrected chi connectivity index (χ3v) is 2.17. The topological polar surface area (TPSA) is 29.1 Å². The monoisotopic (exact) mass is 169 g/mol. The van der Waals surface area contributed by atoms with Gasteiger partial charge in [-0.1, -0.05) is 20.8 Å². The van der Waals surface area contributed by atoms with Gasteiger partial charge in [-0.05, 0) is 24.3 Å². The predicted octanol–water partition coefficient (Wildman–Crippen LogP) is 1.60. The number of hydrogen-bond acceptors (Lipinski definition) is 2. The molecule has 1 saturated heterocycles. The van der Waals surface area contributed by atoms with Crippen LogP contribution in [-0.4, -0.2) is 18.9 Å². The molecule has 1 aliphatic heterocycles. The van der Waals surface area contributed by atoms with Gasteiger partial charge in [0.15, 0.2) is 0 Å². The number of ketones is 1. The van der Waals surface area contributed by atoms with Gasteiger partial charge in [-0.2, -0.15) is 0 Å². The maximum atomic E-state index is 11.1. The van der Waals surface area contributed by atoms with Crippen LogP contribution in [0.25, 0.3) is 0 Å². The van der Waals surface area contributed by atoms with Crippen molar-refractivity contribution in [3.05, 3.63) is 0 Å². The van der Waals surface area contributed by atoms with E-state index in [9.17, 15) is 4.79 Å². The number of carbonyl (C=O) groups is 1. The molecule has 0 spiro atoms. The first kappa shape index (κ1) is 9.72. The third kappa shape index (κ3) is 3.35. The SMILES string of the molecule is CC(C)(C)CC1CNCC(=O)C1. The van der Waals surface area contributed by atoms with Gasteiger partial charge in [0.2, 0.25) is 0 Å². The quantitative estimate of drug-likeness (QED) is 0.646. The molecule has 1 rings (SSSR count). The molecule has 1 aliphatic rings. The van der Waals surface area contributed by atoms with Crippen LogP contribution in [0.1, 0.15) is 33.6 Å². The van der Waals surface area contributed by atoms with Gasteiger partial charge in [-0.15, -0.1) is 0 Å². The summed E-state index contributed by atoms with van der Waals surface area (Å²) in [6.45, 7) is 8.29. The zero-order chi connectivity index (χ0) is 9.19. The molecule has 0 amide bonds. The van der Waals surface area contributed by atoms with Gasteiger partial charge in [0.05, 0.1) is 6.54 Å². The lowest BCUT2D eigenvalue weighted by Gasteiger charge is -2.28. The van der Waals surface area contributed by atoms with Crippen molar-refractivity contribution in [2.24, 2.45) is 11.3 Å². The van der Waals surface area contributed by atoms with E-state index < -0.39 is 0 Å². The van der Waals surface area contributed by atoms with Gasteiger partial charge in [0.1, 0.15) is 5.78 Å². The molecule has 0 radical (unpaired) electrons. The second kappa shape index (κ2) is 3.56. The highest BCUT2D eigenvalue weighted by Gasteiger charge is 2.23. The molecule has 0 aliphatic carbocycles. The van der Waals surface area contributed by atoms with Crippen molar-refractivity contribution in [1.29, 1.82) is 0 Å². The molecular weight excluding hydrogens is 150 g/mol. The van der Waals surface area contributed by atoms with Crippen LogP contribution in [0.3, 0.4) is 0 Å². The molecule has 0 saturated carbocycles. The summed E-state index contributed by atoms with van der Waals surface area (Å²) in [7, 11) is 0. The lowest BCUT2D eigenvalue weighted by atomic mass is 9.81. The van der Waals surface area contributed by atoms with Crippen LogP contribution in [-0.2, 0) is 4.79 Å².